The van der Waals surface area contributed by atoms with Crippen molar-refractivity contribution in [2.24, 2.45) is 0 Å². The minimum Gasteiger partial charge on any atom is -0.497 e. The Labute approximate surface area is 239 Å². The predicted octanol–water partition coefficient (Wildman–Crippen LogP) is 6.83. The van der Waals surface area contributed by atoms with E-state index >= 15 is 0 Å². The van der Waals surface area contributed by atoms with Gasteiger partial charge in [-0.05, 0) is 42.5 Å². The monoisotopic (exact) mass is 642 g/mol. The van der Waals surface area contributed by atoms with Gasteiger partial charge in [-0.3, -0.25) is 19.3 Å². The van der Waals surface area contributed by atoms with Gasteiger partial charge in [0.1, 0.15) is 17.5 Å². The summed E-state index contributed by atoms with van der Waals surface area (Å²) in [5, 5.41) is -0.718. The predicted molar refractivity (Wildman–Crippen MR) is 145 cm³/mol. The van der Waals surface area contributed by atoms with Crippen LogP contribution in [0.3, 0.4) is 0 Å². The second-order valence-electron chi connectivity index (χ2n) is 8.17. The van der Waals surface area contributed by atoms with Crippen LogP contribution in [0.25, 0.3) is 0 Å². The first kappa shape index (κ1) is 26.1. The van der Waals surface area contributed by atoms with Crippen LogP contribution in [0.4, 0.5) is 5.69 Å². The molecule has 3 amide bonds. The van der Waals surface area contributed by atoms with Gasteiger partial charge in [0.05, 0.1) is 51.5 Å². The number of rotatable bonds is 5. The van der Waals surface area contributed by atoms with Gasteiger partial charge < -0.3 is 14.4 Å². The number of nitrogens with zero attached hydrogens (tertiary/aromatic N) is 2. The summed E-state index contributed by atoms with van der Waals surface area (Å²) in [4.78, 5) is 43.2. The Morgan fingerprint density at radius 1 is 0.730 bits per heavy atom. The minimum absolute atomic E-state index is 0.153. The van der Waals surface area contributed by atoms with Gasteiger partial charge in [-0.1, -0.05) is 62.3 Å². The van der Waals surface area contributed by atoms with Gasteiger partial charge in [0, 0.05) is 15.7 Å². The van der Waals surface area contributed by atoms with Gasteiger partial charge in [0.15, 0.2) is 0 Å². The molecule has 0 bridgehead atoms. The number of hydrogen-bond acceptors (Lipinski definition) is 5. The first-order valence-corrected chi connectivity index (χ1v) is 13.0. The Morgan fingerprint density at radius 2 is 1.30 bits per heavy atom. The second kappa shape index (κ2) is 9.67. The van der Waals surface area contributed by atoms with Crippen LogP contribution in [0.2, 0.25) is 20.1 Å². The fraction of sp³-hybridized carbons (Fsp3) is 0.160. The Hall–Kier alpha value is -2.49. The van der Waals surface area contributed by atoms with E-state index in [0.29, 0.717) is 27.2 Å². The minimum atomic E-state index is -1.22. The topological polar surface area (TPSA) is 76.2 Å². The maximum atomic E-state index is 13.7. The number of β-lactam (4-membered cyclic amide) rings is 1. The molecule has 2 heterocycles. The summed E-state index contributed by atoms with van der Waals surface area (Å²) in [6.07, 6.45) is 0. The molecule has 2 atom stereocenters. The molecule has 12 heteroatoms. The summed E-state index contributed by atoms with van der Waals surface area (Å²) in [6, 6.07) is 10.1. The number of imide groups is 1. The first-order valence-electron chi connectivity index (χ1n) is 10.7. The van der Waals surface area contributed by atoms with Gasteiger partial charge in [0.2, 0.25) is 0 Å². The quantitative estimate of drug-likeness (QED) is 0.132. The Kier molecular flexibility index (Phi) is 6.83. The van der Waals surface area contributed by atoms with Gasteiger partial charge in [-0.15, -0.1) is 0 Å². The van der Waals surface area contributed by atoms with Crippen LogP contribution in [0.1, 0.15) is 32.3 Å². The van der Waals surface area contributed by atoms with Crippen molar-refractivity contribution in [2.45, 2.75) is 12.1 Å². The highest BCUT2D eigenvalue weighted by Gasteiger charge is 2.59. The summed E-state index contributed by atoms with van der Waals surface area (Å²) in [5.74, 6) is -1.02. The number of anilines is 1. The molecule has 1 fully saturated rings. The van der Waals surface area contributed by atoms with Crippen molar-refractivity contribution < 1.29 is 23.9 Å². The van der Waals surface area contributed by atoms with Crippen LogP contribution in [-0.4, -0.2) is 42.9 Å². The smallest absolute Gasteiger partial charge is 0.264 e. The van der Waals surface area contributed by atoms with Gasteiger partial charge >= 0.3 is 0 Å². The van der Waals surface area contributed by atoms with E-state index in [0.717, 1.165) is 4.90 Å². The van der Waals surface area contributed by atoms with Crippen molar-refractivity contribution in [3.05, 3.63) is 83.7 Å². The normalized spacial score (nSPS) is 18.7. The Balaban J connectivity index is 1.66. The zero-order valence-corrected chi connectivity index (χ0v) is 23.6. The summed E-state index contributed by atoms with van der Waals surface area (Å²) in [7, 11) is 3.03. The van der Waals surface area contributed by atoms with Gasteiger partial charge in [0.25, 0.3) is 17.7 Å². The second-order valence-corrected chi connectivity index (χ2v) is 10.6. The molecule has 0 spiro atoms. The number of halogens is 5. The lowest BCUT2D eigenvalue weighted by atomic mass is 9.85. The van der Waals surface area contributed by atoms with E-state index in [1.165, 1.54) is 19.1 Å². The van der Waals surface area contributed by atoms with Crippen LogP contribution in [0.5, 0.6) is 11.5 Å². The lowest BCUT2D eigenvalue weighted by Gasteiger charge is -2.50. The molecule has 0 unspecified atom stereocenters. The molecule has 3 aromatic carbocycles. The van der Waals surface area contributed by atoms with E-state index in [9.17, 15) is 14.4 Å². The van der Waals surface area contributed by atoms with Gasteiger partial charge in [-0.25, -0.2) is 0 Å². The molecule has 2 aliphatic rings. The number of carbonyl (C=O) groups excluding carboxylic acids is 3. The number of carbonyl (C=O) groups is 3. The number of ether oxygens (including phenoxy) is 2. The van der Waals surface area contributed by atoms with Crippen molar-refractivity contribution in [3.63, 3.8) is 0 Å². The number of fused-ring (bicyclic) bond motifs is 1. The zero-order valence-electron chi connectivity index (χ0n) is 19.0. The largest absolute Gasteiger partial charge is 0.497 e. The molecule has 2 aliphatic heterocycles. The lowest BCUT2D eigenvalue weighted by molar-refractivity contribution is -0.130. The maximum Gasteiger partial charge on any atom is 0.264 e. The molecule has 5 rings (SSSR count). The first-order chi connectivity index (χ1) is 17.6. The van der Waals surface area contributed by atoms with Crippen molar-refractivity contribution in [1.29, 1.82) is 0 Å². The molecular weight excluding hydrogens is 630 g/mol. The average Bonchev–Trinajstić information content (AvgIpc) is 3.15. The van der Waals surface area contributed by atoms with E-state index in [1.54, 1.807) is 42.5 Å². The fourth-order valence-corrected chi connectivity index (χ4v) is 6.01. The molecule has 0 saturated carbocycles. The SMILES string of the molecule is COc1ccc(N2C(=O)[C@H](N3C(=O)c4c(Cl)c(Cl)c(Cl)c(Cl)c4C3=O)[C@@H]2c2cc(Br)ccc2OC)cc1. The molecule has 37 heavy (non-hydrogen) atoms. The Morgan fingerprint density at radius 3 is 1.81 bits per heavy atom. The van der Waals surface area contributed by atoms with E-state index in [4.69, 9.17) is 55.9 Å². The summed E-state index contributed by atoms with van der Waals surface area (Å²) >= 11 is 28.4. The third kappa shape index (κ3) is 3.89. The maximum absolute atomic E-state index is 13.7. The highest BCUT2D eigenvalue weighted by Crippen LogP contribution is 2.50. The van der Waals surface area contributed by atoms with Crippen LogP contribution in [0, 0.1) is 0 Å². The summed E-state index contributed by atoms with van der Waals surface area (Å²) in [6.45, 7) is 0. The van der Waals surface area contributed by atoms with Crippen molar-refractivity contribution in [3.8, 4) is 11.5 Å². The molecule has 1 saturated heterocycles. The molecule has 7 nitrogen and oxygen atoms in total. The number of amides is 3. The fourth-order valence-electron chi connectivity index (χ4n) is 4.62. The molecular formula is C25H15BrCl4N2O5. The third-order valence-electron chi connectivity index (χ3n) is 6.34. The molecule has 190 valence electrons. The molecule has 0 aliphatic carbocycles. The van der Waals surface area contributed by atoms with E-state index in [-0.39, 0.29) is 31.2 Å². The van der Waals surface area contributed by atoms with Crippen LogP contribution in [-0.2, 0) is 4.79 Å². The standard InChI is InChI=1S/C25H15BrCl4N2O5/c1-36-12-6-4-11(5-7-12)31-21(13-9-10(26)3-8-14(13)37-2)22(25(31)35)32-23(33)15-16(24(32)34)18(28)20(30)19(29)17(15)27/h3-9,21-22H,1-2H3/t21-,22+/m0/s1. The van der Waals surface area contributed by atoms with E-state index in [2.05, 4.69) is 15.9 Å². The number of methoxy groups -OCH3 is 2. The number of hydrogen-bond donors (Lipinski definition) is 0. The highest BCUT2D eigenvalue weighted by atomic mass is 79.9. The van der Waals surface area contributed by atoms with Crippen LogP contribution < -0.4 is 14.4 Å². The van der Waals surface area contributed by atoms with E-state index in [1.807, 2.05) is 0 Å². The van der Waals surface area contributed by atoms with Crippen molar-refractivity contribution >= 4 is 85.7 Å². The molecule has 0 radical (unpaired) electrons. The van der Waals surface area contributed by atoms with Crippen LogP contribution in [0.15, 0.2) is 46.9 Å². The van der Waals surface area contributed by atoms with Crippen LogP contribution >= 0.6 is 62.3 Å². The van der Waals surface area contributed by atoms with Gasteiger partial charge in [-0.2, -0.15) is 0 Å². The Bertz CT molecular complexity index is 1450. The molecule has 3 aromatic rings. The highest BCUT2D eigenvalue weighted by molar-refractivity contribution is 9.10. The molecule has 0 N–H and O–H groups in total. The zero-order chi connectivity index (χ0) is 26.8. The number of benzene rings is 3. The van der Waals surface area contributed by atoms with Crippen molar-refractivity contribution in [1.82, 2.24) is 4.90 Å². The summed E-state index contributed by atoms with van der Waals surface area (Å²) < 4.78 is 11.5. The third-order valence-corrected chi connectivity index (χ3v) is 8.63. The molecule has 0 aromatic heterocycles. The average molecular weight is 645 g/mol. The van der Waals surface area contributed by atoms with E-state index < -0.39 is 29.8 Å². The van der Waals surface area contributed by atoms with Crippen molar-refractivity contribution in [2.75, 3.05) is 19.1 Å². The summed E-state index contributed by atoms with van der Waals surface area (Å²) in [5.41, 5.74) is 0.721. The lowest BCUT2D eigenvalue weighted by Crippen LogP contribution is -2.67.